The molecule has 0 amide bonds. The van der Waals surface area contributed by atoms with Crippen LogP contribution in [0.15, 0.2) is 35.6 Å². The van der Waals surface area contributed by atoms with E-state index in [0.717, 1.165) is 5.56 Å². The van der Waals surface area contributed by atoms with Gasteiger partial charge in [-0.05, 0) is 6.07 Å². The molecule has 0 unspecified atom stereocenters. The van der Waals surface area contributed by atoms with Gasteiger partial charge in [-0.3, -0.25) is 5.10 Å². The highest BCUT2D eigenvalue weighted by molar-refractivity contribution is 7.89. The van der Waals surface area contributed by atoms with Crippen LogP contribution in [0.2, 0.25) is 0 Å². The summed E-state index contributed by atoms with van der Waals surface area (Å²) in [6.07, 6.45) is 4.52. The number of hydrogen-bond acceptors (Lipinski definition) is 6. The van der Waals surface area contributed by atoms with Gasteiger partial charge in [0.25, 0.3) is 0 Å². The summed E-state index contributed by atoms with van der Waals surface area (Å²) in [5, 5.41) is 6.33. The summed E-state index contributed by atoms with van der Waals surface area (Å²) in [7, 11) is -3.60. The molecule has 2 aromatic heterocycles. The van der Waals surface area contributed by atoms with Crippen LogP contribution in [0.25, 0.3) is 0 Å². The average molecular weight is 268 g/mol. The van der Waals surface area contributed by atoms with E-state index in [2.05, 4.69) is 25.3 Å². The largest absolute Gasteiger partial charge is 0.308 e. The highest BCUT2D eigenvalue weighted by atomic mass is 32.2. The van der Waals surface area contributed by atoms with Crippen LogP contribution < -0.4 is 16.0 Å². The first-order valence-electron chi connectivity index (χ1n) is 5.02. The molecule has 96 valence electrons. The molecule has 0 aliphatic rings. The summed E-state index contributed by atoms with van der Waals surface area (Å²) >= 11 is 0. The highest BCUT2D eigenvalue weighted by Gasteiger charge is 2.14. The molecular formula is C9H12N6O2S. The number of nitrogens with zero attached hydrogens (tertiary/aromatic N) is 2. The van der Waals surface area contributed by atoms with Crippen LogP contribution in [0.3, 0.4) is 0 Å². The first kappa shape index (κ1) is 12.5. The Labute approximate surface area is 104 Å². The lowest BCUT2D eigenvalue weighted by atomic mass is 10.4. The Morgan fingerprint density at radius 2 is 2.28 bits per heavy atom. The Hall–Kier alpha value is -1.97. The number of rotatable bonds is 5. The molecule has 0 saturated carbocycles. The van der Waals surface area contributed by atoms with E-state index >= 15 is 0 Å². The zero-order chi connectivity index (χ0) is 13.0. The van der Waals surface area contributed by atoms with Gasteiger partial charge in [-0.1, -0.05) is 0 Å². The van der Waals surface area contributed by atoms with Gasteiger partial charge < -0.3 is 5.43 Å². The zero-order valence-electron chi connectivity index (χ0n) is 9.29. The third-order valence-corrected chi connectivity index (χ3v) is 3.61. The number of hydrogen-bond donors (Lipinski definition) is 4. The van der Waals surface area contributed by atoms with Gasteiger partial charge in [0.2, 0.25) is 10.0 Å². The molecule has 2 heterocycles. The summed E-state index contributed by atoms with van der Waals surface area (Å²) < 4.78 is 26.4. The highest BCUT2D eigenvalue weighted by Crippen LogP contribution is 2.12. The van der Waals surface area contributed by atoms with Crippen molar-refractivity contribution in [3.63, 3.8) is 0 Å². The van der Waals surface area contributed by atoms with E-state index in [1.54, 1.807) is 12.4 Å². The molecule has 8 nitrogen and oxygen atoms in total. The molecule has 9 heteroatoms. The molecule has 0 fully saturated rings. The van der Waals surface area contributed by atoms with Gasteiger partial charge in [-0.25, -0.2) is 24.0 Å². The monoisotopic (exact) mass is 268 g/mol. The second-order valence-corrected chi connectivity index (χ2v) is 5.22. The average Bonchev–Trinajstić information content (AvgIpc) is 2.90. The van der Waals surface area contributed by atoms with Crippen LogP contribution in [0.5, 0.6) is 0 Å². The van der Waals surface area contributed by atoms with Crippen LogP contribution >= 0.6 is 0 Å². The van der Waals surface area contributed by atoms with Gasteiger partial charge in [0.05, 0.1) is 11.1 Å². The quantitative estimate of drug-likeness (QED) is 0.430. The Morgan fingerprint density at radius 1 is 1.44 bits per heavy atom. The van der Waals surface area contributed by atoms with Crippen molar-refractivity contribution < 1.29 is 8.42 Å². The second kappa shape index (κ2) is 5.12. The third kappa shape index (κ3) is 2.83. The first-order chi connectivity index (χ1) is 8.62. The second-order valence-electron chi connectivity index (χ2n) is 3.45. The predicted molar refractivity (Wildman–Crippen MR) is 64.7 cm³/mol. The fourth-order valence-electron chi connectivity index (χ4n) is 1.29. The van der Waals surface area contributed by atoms with Crippen LogP contribution in [-0.4, -0.2) is 23.6 Å². The maximum absolute atomic E-state index is 12.0. The number of nitrogens with two attached hydrogens (primary N) is 1. The number of anilines is 1. The van der Waals surface area contributed by atoms with E-state index in [1.165, 1.54) is 18.3 Å². The Balaban J connectivity index is 2.14. The van der Waals surface area contributed by atoms with E-state index in [4.69, 9.17) is 5.84 Å². The summed E-state index contributed by atoms with van der Waals surface area (Å²) in [5.74, 6) is 5.45. The molecule has 0 aliphatic heterocycles. The predicted octanol–water partition coefficient (Wildman–Crippen LogP) is -0.431. The van der Waals surface area contributed by atoms with Crippen molar-refractivity contribution in [1.29, 1.82) is 0 Å². The Morgan fingerprint density at radius 3 is 2.94 bits per heavy atom. The van der Waals surface area contributed by atoms with Crippen molar-refractivity contribution in [3.05, 3.63) is 36.3 Å². The smallest absolute Gasteiger partial charge is 0.241 e. The fourth-order valence-corrected chi connectivity index (χ4v) is 2.32. The van der Waals surface area contributed by atoms with E-state index < -0.39 is 10.0 Å². The number of nitrogen functional groups attached to an aromatic ring is 1. The van der Waals surface area contributed by atoms with Gasteiger partial charge in [0, 0.05) is 30.6 Å². The van der Waals surface area contributed by atoms with Crippen LogP contribution in [-0.2, 0) is 16.6 Å². The minimum atomic E-state index is -3.60. The van der Waals surface area contributed by atoms with Gasteiger partial charge in [-0.2, -0.15) is 5.10 Å². The third-order valence-electron chi connectivity index (χ3n) is 2.21. The topological polar surface area (TPSA) is 126 Å². The maximum Gasteiger partial charge on any atom is 0.241 e. The Kier molecular flexibility index (Phi) is 3.55. The number of H-pyrrole nitrogens is 1. The standard InChI is InChI=1S/C9H12N6O2S/c10-15-9-3-8(1-2-11-9)18(16,17)14-6-7-4-12-13-5-7/h1-5,14H,6,10H2,(H,11,15)(H,12,13). The van der Waals surface area contributed by atoms with Gasteiger partial charge >= 0.3 is 0 Å². The van der Waals surface area contributed by atoms with E-state index in [1.807, 2.05) is 0 Å². The summed E-state index contributed by atoms with van der Waals surface area (Å²) in [6.45, 7) is 0.159. The molecule has 0 aromatic carbocycles. The van der Waals surface area contributed by atoms with Gasteiger partial charge in [0.15, 0.2) is 0 Å². The number of nitrogens with one attached hydrogen (secondary N) is 3. The van der Waals surface area contributed by atoms with Crippen molar-refractivity contribution in [3.8, 4) is 0 Å². The minimum Gasteiger partial charge on any atom is -0.308 e. The molecule has 18 heavy (non-hydrogen) atoms. The van der Waals surface area contributed by atoms with Crippen molar-refractivity contribution in [2.75, 3.05) is 5.43 Å². The lowest BCUT2D eigenvalue weighted by Gasteiger charge is -2.06. The SMILES string of the molecule is NNc1cc(S(=O)(=O)NCc2cn[nH]c2)ccn1. The van der Waals surface area contributed by atoms with Crippen LogP contribution in [0, 0.1) is 0 Å². The molecular weight excluding hydrogens is 256 g/mol. The van der Waals surface area contributed by atoms with E-state index in [-0.39, 0.29) is 17.3 Å². The number of pyridine rings is 1. The molecule has 5 N–H and O–H groups in total. The first-order valence-corrected chi connectivity index (χ1v) is 6.50. The number of aromatic nitrogens is 3. The van der Waals surface area contributed by atoms with E-state index in [9.17, 15) is 8.42 Å². The number of sulfonamides is 1. The molecule has 2 aromatic rings. The lowest BCUT2D eigenvalue weighted by Crippen LogP contribution is -2.23. The summed E-state index contributed by atoms with van der Waals surface area (Å²) in [4.78, 5) is 3.93. The normalized spacial score (nSPS) is 11.4. The van der Waals surface area contributed by atoms with Crippen molar-refractivity contribution >= 4 is 15.8 Å². The fraction of sp³-hybridized carbons (Fsp3) is 0.111. The lowest BCUT2D eigenvalue weighted by molar-refractivity contribution is 0.581. The van der Waals surface area contributed by atoms with Crippen molar-refractivity contribution in [1.82, 2.24) is 19.9 Å². The number of aromatic amines is 1. The zero-order valence-corrected chi connectivity index (χ0v) is 10.1. The minimum absolute atomic E-state index is 0.0916. The molecule has 0 spiro atoms. The van der Waals surface area contributed by atoms with Crippen LogP contribution in [0.1, 0.15) is 5.56 Å². The van der Waals surface area contributed by atoms with E-state index in [0.29, 0.717) is 0 Å². The Bertz CT molecular complexity index is 610. The van der Waals surface area contributed by atoms with Gasteiger partial charge in [0.1, 0.15) is 5.82 Å². The van der Waals surface area contributed by atoms with Gasteiger partial charge in [-0.15, -0.1) is 0 Å². The molecule has 2 rings (SSSR count). The summed E-state index contributed by atoms with van der Waals surface area (Å²) in [5.41, 5.74) is 3.03. The van der Waals surface area contributed by atoms with Crippen molar-refractivity contribution in [2.45, 2.75) is 11.4 Å². The molecule has 0 saturated heterocycles. The molecule has 0 aliphatic carbocycles. The molecule has 0 radical (unpaired) electrons. The maximum atomic E-state index is 12.0. The molecule has 0 bridgehead atoms. The molecule has 0 atom stereocenters. The summed E-state index contributed by atoms with van der Waals surface area (Å²) in [6, 6.07) is 2.73. The number of hydrazine groups is 1. The van der Waals surface area contributed by atoms with Crippen molar-refractivity contribution in [2.24, 2.45) is 5.84 Å². The van der Waals surface area contributed by atoms with Crippen LogP contribution in [0.4, 0.5) is 5.82 Å².